The highest BCUT2D eigenvalue weighted by Gasteiger charge is 1.98. The summed E-state index contributed by atoms with van der Waals surface area (Å²) in [6.45, 7) is 3.93. The van der Waals surface area contributed by atoms with Gasteiger partial charge in [-0.2, -0.15) is 5.26 Å². The van der Waals surface area contributed by atoms with Crippen LogP contribution in [-0.2, 0) is 0 Å². The molecule has 0 aromatic heterocycles. The lowest BCUT2D eigenvalue weighted by Crippen LogP contribution is -1.93. The summed E-state index contributed by atoms with van der Waals surface area (Å²) in [5, 5.41) is 8.36. The summed E-state index contributed by atoms with van der Waals surface area (Å²) in [4.78, 5) is 0. The molecule has 1 aromatic rings. The van der Waals surface area contributed by atoms with Gasteiger partial charge < -0.3 is 5.73 Å². The van der Waals surface area contributed by atoms with Crippen molar-refractivity contribution in [3.05, 3.63) is 34.9 Å². The van der Waals surface area contributed by atoms with Crippen molar-refractivity contribution in [1.29, 1.82) is 5.26 Å². The Morgan fingerprint density at radius 2 is 1.85 bits per heavy atom. The number of hydrogen-bond donors (Lipinski definition) is 1. The molecule has 0 spiro atoms. The van der Waals surface area contributed by atoms with Gasteiger partial charge in [-0.1, -0.05) is 0 Å². The lowest BCUT2D eigenvalue weighted by Gasteiger charge is -2.05. The highest BCUT2D eigenvalue weighted by molar-refractivity contribution is 5.62. The first-order chi connectivity index (χ1) is 6.15. The van der Waals surface area contributed by atoms with E-state index in [1.165, 1.54) is 6.08 Å². The lowest BCUT2D eigenvalue weighted by molar-refractivity contribution is 1.38. The maximum atomic E-state index is 8.36. The average Bonchev–Trinajstić information content (AvgIpc) is 2.10. The van der Waals surface area contributed by atoms with Crippen molar-refractivity contribution in [3.63, 3.8) is 0 Å². The number of hydrogen-bond acceptors (Lipinski definition) is 2. The summed E-state index contributed by atoms with van der Waals surface area (Å²) < 4.78 is 0. The third-order valence-corrected chi connectivity index (χ3v) is 1.97. The third kappa shape index (κ3) is 2.09. The molecule has 0 radical (unpaired) electrons. The van der Waals surface area contributed by atoms with Crippen molar-refractivity contribution in [2.45, 2.75) is 13.8 Å². The van der Waals surface area contributed by atoms with Crippen LogP contribution in [0.5, 0.6) is 0 Å². The molecule has 2 nitrogen and oxygen atoms in total. The fraction of sp³-hybridized carbons (Fsp3) is 0.182. The molecular formula is C11H12N2. The highest BCUT2D eigenvalue weighted by Crippen LogP contribution is 2.19. The van der Waals surface area contributed by atoms with Gasteiger partial charge in [0, 0.05) is 11.8 Å². The maximum Gasteiger partial charge on any atom is 0.0912 e. The molecule has 0 aliphatic rings. The van der Waals surface area contributed by atoms with Gasteiger partial charge in [0.05, 0.1) is 6.07 Å². The molecule has 66 valence electrons. The third-order valence-electron chi connectivity index (χ3n) is 1.97. The van der Waals surface area contributed by atoms with Gasteiger partial charge in [-0.25, -0.2) is 0 Å². The van der Waals surface area contributed by atoms with Gasteiger partial charge in [0.25, 0.3) is 0 Å². The standard InChI is InChI=1S/C11H12N2/c1-8-6-10(4-3-5-12)7-9(2)11(8)13/h3-4,6-7H,13H2,1-2H3. The molecule has 0 fully saturated rings. The minimum absolute atomic E-state index is 0.828. The molecule has 0 aliphatic heterocycles. The van der Waals surface area contributed by atoms with Gasteiger partial charge in [-0.05, 0) is 48.7 Å². The Hall–Kier alpha value is -1.75. The molecule has 1 aromatic carbocycles. The van der Waals surface area contributed by atoms with Gasteiger partial charge in [0.2, 0.25) is 0 Å². The second kappa shape index (κ2) is 3.77. The molecule has 0 atom stereocenters. The van der Waals surface area contributed by atoms with Crippen LogP contribution in [0.25, 0.3) is 6.08 Å². The normalized spacial score (nSPS) is 10.2. The highest BCUT2D eigenvalue weighted by atomic mass is 14.6. The number of allylic oxidation sites excluding steroid dienone is 1. The average molecular weight is 172 g/mol. The van der Waals surface area contributed by atoms with E-state index in [4.69, 9.17) is 11.0 Å². The minimum Gasteiger partial charge on any atom is -0.398 e. The van der Waals surface area contributed by atoms with E-state index in [-0.39, 0.29) is 0 Å². The summed E-state index contributed by atoms with van der Waals surface area (Å²) in [5.74, 6) is 0. The molecule has 0 heterocycles. The van der Waals surface area contributed by atoms with Crippen LogP contribution in [-0.4, -0.2) is 0 Å². The fourth-order valence-corrected chi connectivity index (χ4v) is 1.24. The number of nitriles is 1. The van der Waals surface area contributed by atoms with Crippen LogP contribution in [0, 0.1) is 25.2 Å². The van der Waals surface area contributed by atoms with Crippen LogP contribution < -0.4 is 5.73 Å². The first-order valence-corrected chi connectivity index (χ1v) is 4.08. The van der Waals surface area contributed by atoms with E-state index in [1.807, 2.05) is 32.0 Å². The number of nitrogens with two attached hydrogens (primary N) is 1. The Balaban J connectivity index is 3.15. The molecule has 0 saturated carbocycles. The monoisotopic (exact) mass is 172 g/mol. The zero-order valence-electron chi connectivity index (χ0n) is 7.83. The van der Waals surface area contributed by atoms with E-state index in [1.54, 1.807) is 6.08 Å². The van der Waals surface area contributed by atoms with Crippen LogP contribution in [0.15, 0.2) is 18.2 Å². The smallest absolute Gasteiger partial charge is 0.0912 e. The molecule has 2 N–H and O–H groups in total. The minimum atomic E-state index is 0.828. The molecule has 1 rings (SSSR count). The quantitative estimate of drug-likeness (QED) is 0.522. The van der Waals surface area contributed by atoms with Gasteiger partial charge in [-0.3, -0.25) is 0 Å². The second-order valence-electron chi connectivity index (χ2n) is 3.03. The van der Waals surface area contributed by atoms with Crippen molar-refractivity contribution in [2.75, 3.05) is 5.73 Å². The first kappa shape index (κ1) is 9.34. The Kier molecular flexibility index (Phi) is 2.71. The van der Waals surface area contributed by atoms with Gasteiger partial charge >= 0.3 is 0 Å². The zero-order chi connectivity index (χ0) is 9.84. The van der Waals surface area contributed by atoms with Gasteiger partial charge in [0.15, 0.2) is 0 Å². The number of rotatable bonds is 1. The van der Waals surface area contributed by atoms with Crippen LogP contribution in [0.3, 0.4) is 0 Å². The number of nitrogen functional groups attached to an aromatic ring is 1. The molecular weight excluding hydrogens is 160 g/mol. The molecule has 0 aliphatic carbocycles. The Labute approximate surface area is 78.3 Å². The van der Waals surface area contributed by atoms with E-state index in [9.17, 15) is 0 Å². The second-order valence-corrected chi connectivity index (χ2v) is 3.03. The van der Waals surface area contributed by atoms with Crippen molar-refractivity contribution >= 4 is 11.8 Å². The first-order valence-electron chi connectivity index (χ1n) is 4.08. The van der Waals surface area contributed by atoms with Crippen LogP contribution in [0.1, 0.15) is 16.7 Å². The number of aryl methyl sites for hydroxylation is 2. The SMILES string of the molecule is Cc1cc(C=CC#N)cc(C)c1N. The Bertz CT molecular complexity index is 361. The van der Waals surface area contributed by atoms with E-state index in [0.717, 1.165) is 22.4 Å². The fourth-order valence-electron chi connectivity index (χ4n) is 1.24. The van der Waals surface area contributed by atoms with Crippen LogP contribution in [0.2, 0.25) is 0 Å². The zero-order valence-corrected chi connectivity index (χ0v) is 7.83. The van der Waals surface area contributed by atoms with E-state index < -0.39 is 0 Å². The van der Waals surface area contributed by atoms with E-state index >= 15 is 0 Å². The Morgan fingerprint density at radius 1 is 1.31 bits per heavy atom. The topological polar surface area (TPSA) is 49.8 Å². The summed E-state index contributed by atoms with van der Waals surface area (Å²) in [5.41, 5.74) is 9.74. The van der Waals surface area contributed by atoms with Crippen molar-refractivity contribution in [1.82, 2.24) is 0 Å². The van der Waals surface area contributed by atoms with Gasteiger partial charge in [-0.15, -0.1) is 0 Å². The number of anilines is 1. The molecule has 0 bridgehead atoms. The molecule has 0 unspecified atom stereocenters. The van der Waals surface area contributed by atoms with Crippen molar-refractivity contribution in [3.8, 4) is 6.07 Å². The summed E-state index contributed by atoms with van der Waals surface area (Å²) >= 11 is 0. The van der Waals surface area contributed by atoms with Crippen LogP contribution >= 0.6 is 0 Å². The predicted molar refractivity (Wildman–Crippen MR) is 55.0 cm³/mol. The molecule has 2 heteroatoms. The molecule has 0 amide bonds. The maximum absolute atomic E-state index is 8.36. The largest absolute Gasteiger partial charge is 0.398 e. The van der Waals surface area contributed by atoms with Crippen molar-refractivity contribution in [2.24, 2.45) is 0 Å². The number of benzene rings is 1. The molecule has 13 heavy (non-hydrogen) atoms. The molecule has 0 saturated heterocycles. The van der Waals surface area contributed by atoms with Crippen LogP contribution in [0.4, 0.5) is 5.69 Å². The van der Waals surface area contributed by atoms with Gasteiger partial charge in [0.1, 0.15) is 0 Å². The lowest BCUT2D eigenvalue weighted by atomic mass is 10.0. The number of nitrogens with zero attached hydrogens (tertiary/aromatic N) is 1. The Morgan fingerprint density at radius 3 is 2.31 bits per heavy atom. The predicted octanol–water partition coefficient (Wildman–Crippen LogP) is 2.42. The van der Waals surface area contributed by atoms with E-state index in [2.05, 4.69) is 0 Å². The summed E-state index contributed by atoms with van der Waals surface area (Å²) in [6.07, 6.45) is 3.24. The van der Waals surface area contributed by atoms with E-state index in [0.29, 0.717) is 0 Å². The summed E-state index contributed by atoms with van der Waals surface area (Å²) in [6, 6.07) is 5.89. The van der Waals surface area contributed by atoms with Crippen molar-refractivity contribution < 1.29 is 0 Å². The summed E-state index contributed by atoms with van der Waals surface area (Å²) in [7, 11) is 0.